The molecule has 0 bridgehead atoms. The Morgan fingerprint density at radius 3 is 2.44 bits per heavy atom. The van der Waals surface area contributed by atoms with Gasteiger partial charge in [0.15, 0.2) is 27.6 Å². The minimum absolute atomic E-state index is 0.144. The molecule has 0 atom stereocenters. The molecule has 0 fully saturated rings. The predicted octanol–water partition coefficient (Wildman–Crippen LogP) is 5.01. The molecule has 4 aromatic rings. The first-order chi connectivity index (χ1) is 17.6. The number of allylic oxidation sites excluding steroid dienone is 1. The molecule has 0 spiro atoms. The third-order valence-corrected chi connectivity index (χ3v) is 6.83. The first kappa shape index (κ1) is 25.3. The van der Waals surface area contributed by atoms with E-state index in [4.69, 9.17) is 14.2 Å². The number of anilines is 1. The standard InChI is InChI=1S/C25H25N5O4S2/c1-5-11-30-23(17-12-19(32-2)22(34-4)20(13-17)33-3)28-29-25(30)36-15-21(31)27-24-26-18(14-35-24)16-9-7-6-8-10-16/h5-10,12-14H,1,11,15H2,2-4H3,(H,26,27,31). The molecule has 2 aromatic heterocycles. The lowest BCUT2D eigenvalue weighted by atomic mass is 10.1. The van der Waals surface area contributed by atoms with E-state index in [2.05, 4.69) is 27.1 Å². The van der Waals surface area contributed by atoms with Crippen LogP contribution >= 0.6 is 23.1 Å². The molecule has 0 radical (unpaired) electrons. The normalized spacial score (nSPS) is 10.6. The molecule has 0 aliphatic carbocycles. The third kappa shape index (κ3) is 5.52. The fourth-order valence-electron chi connectivity index (χ4n) is 3.47. The van der Waals surface area contributed by atoms with Gasteiger partial charge < -0.3 is 19.5 Å². The molecule has 0 saturated heterocycles. The summed E-state index contributed by atoms with van der Waals surface area (Å²) in [6.07, 6.45) is 1.75. The number of methoxy groups -OCH3 is 3. The quantitative estimate of drug-likeness (QED) is 0.216. The van der Waals surface area contributed by atoms with Crippen LogP contribution < -0.4 is 19.5 Å². The van der Waals surface area contributed by atoms with E-state index in [1.807, 2.05) is 40.3 Å². The topological polar surface area (TPSA) is 100 Å². The number of amides is 1. The smallest absolute Gasteiger partial charge is 0.236 e. The van der Waals surface area contributed by atoms with E-state index in [9.17, 15) is 4.79 Å². The number of carbonyl (C=O) groups is 1. The van der Waals surface area contributed by atoms with Crippen LogP contribution in [-0.4, -0.2) is 52.7 Å². The second-order valence-electron chi connectivity index (χ2n) is 7.36. The highest BCUT2D eigenvalue weighted by Crippen LogP contribution is 2.41. The van der Waals surface area contributed by atoms with E-state index in [0.29, 0.717) is 39.9 Å². The van der Waals surface area contributed by atoms with Gasteiger partial charge in [0.1, 0.15) is 0 Å². The maximum Gasteiger partial charge on any atom is 0.236 e. The van der Waals surface area contributed by atoms with Crippen molar-refractivity contribution in [2.24, 2.45) is 0 Å². The molecule has 2 heterocycles. The molecule has 0 saturated carbocycles. The van der Waals surface area contributed by atoms with Gasteiger partial charge in [0.05, 0.1) is 32.8 Å². The molecule has 0 unspecified atom stereocenters. The number of nitrogens with one attached hydrogen (secondary N) is 1. The Kier molecular flexibility index (Phi) is 8.24. The Balaban J connectivity index is 1.49. The van der Waals surface area contributed by atoms with Crippen LogP contribution in [0.1, 0.15) is 0 Å². The number of aromatic nitrogens is 4. The van der Waals surface area contributed by atoms with Crippen molar-refractivity contribution in [2.75, 3.05) is 32.4 Å². The number of rotatable bonds is 11. The van der Waals surface area contributed by atoms with Gasteiger partial charge in [0, 0.05) is 23.1 Å². The molecule has 1 amide bonds. The highest BCUT2D eigenvalue weighted by atomic mass is 32.2. The summed E-state index contributed by atoms with van der Waals surface area (Å²) in [6.45, 7) is 4.30. The van der Waals surface area contributed by atoms with E-state index in [0.717, 1.165) is 16.8 Å². The molecule has 36 heavy (non-hydrogen) atoms. The minimum atomic E-state index is -0.184. The van der Waals surface area contributed by atoms with Gasteiger partial charge in [-0.25, -0.2) is 4.98 Å². The average Bonchev–Trinajstić information content (AvgIpc) is 3.54. The highest BCUT2D eigenvalue weighted by Gasteiger charge is 2.20. The van der Waals surface area contributed by atoms with Gasteiger partial charge in [0.25, 0.3) is 0 Å². The minimum Gasteiger partial charge on any atom is -0.493 e. The molecule has 11 heteroatoms. The highest BCUT2D eigenvalue weighted by molar-refractivity contribution is 7.99. The fraction of sp³-hybridized carbons (Fsp3) is 0.200. The summed E-state index contributed by atoms with van der Waals surface area (Å²) in [6, 6.07) is 13.4. The molecule has 0 aliphatic heterocycles. The van der Waals surface area contributed by atoms with E-state index in [1.165, 1.54) is 23.1 Å². The van der Waals surface area contributed by atoms with Gasteiger partial charge in [-0.1, -0.05) is 48.2 Å². The van der Waals surface area contributed by atoms with Crippen molar-refractivity contribution in [3.63, 3.8) is 0 Å². The second kappa shape index (κ2) is 11.7. The van der Waals surface area contributed by atoms with Gasteiger partial charge in [-0.3, -0.25) is 9.36 Å². The average molecular weight is 524 g/mol. The van der Waals surface area contributed by atoms with Crippen molar-refractivity contribution in [1.29, 1.82) is 0 Å². The summed E-state index contributed by atoms with van der Waals surface area (Å²) in [7, 11) is 4.66. The number of nitrogens with zero attached hydrogens (tertiary/aromatic N) is 4. The summed E-state index contributed by atoms with van der Waals surface area (Å²) in [5, 5.41) is 14.6. The number of hydrogen-bond donors (Lipinski definition) is 1. The Labute approximate surface area is 217 Å². The summed E-state index contributed by atoms with van der Waals surface area (Å²) in [4.78, 5) is 17.1. The summed E-state index contributed by atoms with van der Waals surface area (Å²) < 4.78 is 18.2. The van der Waals surface area contributed by atoms with Gasteiger partial charge >= 0.3 is 0 Å². The summed E-state index contributed by atoms with van der Waals surface area (Å²) in [5.41, 5.74) is 2.55. The van der Waals surface area contributed by atoms with Gasteiger partial charge in [-0.2, -0.15) is 0 Å². The lowest BCUT2D eigenvalue weighted by Gasteiger charge is -2.14. The Hall–Kier alpha value is -3.83. The lowest BCUT2D eigenvalue weighted by molar-refractivity contribution is -0.113. The Bertz CT molecular complexity index is 1330. The van der Waals surface area contributed by atoms with E-state index >= 15 is 0 Å². The molecule has 4 rings (SSSR count). The van der Waals surface area contributed by atoms with Crippen molar-refractivity contribution in [1.82, 2.24) is 19.7 Å². The van der Waals surface area contributed by atoms with Crippen LogP contribution in [0.4, 0.5) is 5.13 Å². The van der Waals surface area contributed by atoms with Crippen LogP contribution in [0.5, 0.6) is 17.2 Å². The van der Waals surface area contributed by atoms with Crippen LogP contribution in [0.25, 0.3) is 22.6 Å². The second-order valence-corrected chi connectivity index (χ2v) is 9.16. The number of thiazole rings is 1. The number of carbonyl (C=O) groups excluding carboxylic acids is 1. The van der Waals surface area contributed by atoms with Crippen molar-refractivity contribution in [3.8, 4) is 39.9 Å². The fourth-order valence-corrected chi connectivity index (χ4v) is 4.95. The van der Waals surface area contributed by atoms with E-state index < -0.39 is 0 Å². The largest absolute Gasteiger partial charge is 0.493 e. The Morgan fingerprint density at radius 2 is 1.81 bits per heavy atom. The Morgan fingerprint density at radius 1 is 1.08 bits per heavy atom. The van der Waals surface area contributed by atoms with Gasteiger partial charge in [-0.15, -0.1) is 28.1 Å². The zero-order valence-corrected chi connectivity index (χ0v) is 21.7. The van der Waals surface area contributed by atoms with E-state index in [-0.39, 0.29) is 11.7 Å². The third-order valence-electron chi connectivity index (χ3n) is 5.10. The molecule has 9 nitrogen and oxygen atoms in total. The SMILES string of the molecule is C=CCn1c(SCC(=O)Nc2nc(-c3ccccc3)cs2)nnc1-c1cc(OC)c(OC)c(OC)c1. The number of benzene rings is 2. The summed E-state index contributed by atoms with van der Waals surface area (Å²) >= 11 is 2.66. The van der Waals surface area contributed by atoms with Crippen molar-refractivity contribution >= 4 is 34.1 Å². The number of thioether (sulfide) groups is 1. The molecule has 0 aliphatic rings. The van der Waals surface area contributed by atoms with Crippen molar-refractivity contribution < 1.29 is 19.0 Å². The van der Waals surface area contributed by atoms with Crippen LogP contribution in [-0.2, 0) is 11.3 Å². The predicted molar refractivity (Wildman–Crippen MR) is 142 cm³/mol. The molecule has 1 N–H and O–H groups in total. The zero-order valence-electron chi connectivity index (χ0n) is 20.1. The number of hydrogen-bond acceptors (Lipinski definition) is 9. The number of ether oxygens (including phenoxy) is 3. The lowest BCUT2D eigenvalue weighted by Crippen LogP contribution is -2.14. The first-order valence-corrected chi connectivity index (χ1v) is 12.7. The van der Waals surface area contributed by atoms with Gasteiger partial charge in [0.2, 0.25) is 11.7 Å². The summed E-state index contributed by atoms with van der Waals surface area (Å²) in [5.74, 6) is 2.05. The molecular weight excluding hydrogens is 498 g/mol. The van der Waals surface area contributed by atoms with Crippen LogP contribution in [0.2, 0.25) is 0 Å². The maximum atomic E-state index is 12.6. The molecular formula is C25H25N5O4S2. The van der Waals surface area contributed by atoms with Gasteiger partial charge in [-0.05, 0) is 12.1 Å². The van der Waals surface area contributed by atoms with Crippen LogP contribution in [0, 0.1) is 0 Å². The zero-order chi connectivity index (χ0) is 25.5. The van der Waals surface area contributed by atoms with Crippen molar-refractivity contribution in [3.05, 3.63) is 60.5 Å². The molecule has 186 valence electrons. The first-order valence-electron chi connectivity index (χ1n) is 10.9. The van der Waals surface area contributed by atoms with Crippen molar-refractivity contribution in [2.45, 2.75) is 11.7 Å². The van der Waals surface area contributed by atoms with Crippen LogP contribution in [0.15, 0.2) is 65.7 Å². The monoisotopic (exact) mass is 523 g/mol. The molecule has 2 aromatic carbocycles. The maximum absolute atomic E-state index is 12.6. The van der Waals surface area contributed by atoms with Crippen LogP contribution in [0.3, 0.4) is 0 Å². The van der Waals surface area contributed by atoms with E-state index in [1.54, 1.807) is 39.5 Å².